The van der Waals surface area contributed by atoms with E-state index in [9.17, 15) is 9.59 Å². The SMILES string of the molecule is O=C(CC[C@]1(Cc2cccs2)CCC(=O)N1)NCc1csc(-c2ccccc2)n1. The Morgan fingerprint density at radius 1 is 1.17 bits per heavy atom. The van der Waals surface area contributed by atoms with Gasteiger partial charge < -0.3 is 10.6 Å². The van der Waals surface area contributed by atoms with Crippen LogP contribution < -0.4 is 10.6 Å². The van der Waals surface area contributed by atoms with E-state index in [0.29, 0.717) is 25.8 Å². The lowest BCUT2D eigenvalue weighted by Gasteiger charge is -2.28. The molecule has 1 aromatic carbocycles. The first-order chi connectivity index (χ1) is 14.1. The van der Waals surface area contributed by atoms with Crippen molar-refractivity contribution in [2.75, 3.05) is 0 Å². The normalized spacial score (nSPS) is 18.6. The van der Waals surface area contributed by atoms with E-state index in [2.05, 4.69) is 21.7 Å². The zero-order chi connectivity index (χ0) is 20.1. The highest BCUT2D eigenvalue weighted by molar-refractivity contribution is 7.13. The van der Waals surface area contributed by atoms with Crippen LogP contribution in [0.2, 0.25) is 0 Å². The van der Waals surface area contributed by atoms with E-state index in [1.807, 2.05) is 47.2 Å². The van der Waals surface area contributed by atoms with E-state index in [-0.39, 0.29) is 17.4 Å². The lowest BCUT2D eigenvalue weighted by molar-refractivity contribution is -0.122. The van der Waals surface area contributed by atoms with Gasteiger partial charge >= 0.3 is 0 Å². The molecule has 3 aromatic rings. The van der Waals surface area contributed by atoms with Crippen molar-refractivity contribution >= 4 is 34.5 Å². The van der Waals surface area contributed by atoms with Gasteiger partial charge in [-0.3, -0.25) is 9.59 Å². The van der Waals surface area contributed by atoms with E-state index in [1.165, 1.54) is 4.88 Å². The number of thiazole rings is 1. The summed E-state index contributed by atoms with van der Waals surface area (Å²) in [5.74, 6) is 0.0730. The second-order valence-corrected chi connectivity index (χ2v) is 9.26. The first-order valence-electron chi connectivity index (χ1n) is 9.72. The number of thiophene rings is 1. The lowest BCUT2D eigenvalue weighted by Crippen LogP contribution is -2.44. The van der Waals surface area contributed by atoms with Crippen LogP contribution in [0.25, 0.3) is 10.6 Å². The molecular weight excluding hydrogens is 402 g/mol. The van der Waals surface area contributed by atoms with Gasteiger partial charge in [0.1, 0.15) is 5.01 Å². The average Bonchev–Trinajstić information content (AvgIpc) is 3.48. The van der Waals surface area contributed by atoms with Gasteiger partial charge in [-0.1, -0.05) is 36.4 Å². The molecule has 2 amide bonds. The number of amides is 2. The molecule has 7 heteroatoms. The topological polar surface area (TPSA) is 71.1 Å². The summed E-state index contributed by atoms with van der Waals surface area (Å²) in [5.41, 5.74) is 1.65. The first kappa shape index (κ1) is 19.8. The van der Waals surface area contributed by atoms with Crippen LogP contribution in [-0.4, -0.2) is 22.3 Å². The largest absolute Gasteiger partial charge is 0.350 e. The highest BCUT2D eigenvalue weighted by Crippen LogP contribution is 2.31. The fourth-order valence-corrected chi connectivity index (χ4v) is 5.34. The van der Waals surface area contributed by atoms with Crippen LogP contribution in [0.1, 0.15) is 36.3 Å². The zero-order valence-corrected chi connectivity index (χ0v) is 17.7. The maximum atomic E-state index is 12.4. The predicted molar refractivity (Wildman–Crippen MR) is 117 cm³/mol. The summed E-state index contributed by atoms with van der Waals surface area (Å²) < 4.78 is 0. The molecule has 29 heavy (non-hydrogen) atoms. The lowest BCUT2D eigenvalue weighted by atomic mass is 9.87. The maximum absolute atomic E-state index is 12.4. The minimum Gasteiger partial charge on any atom is -0.350 e. The number of nitrogens with zero attached hydrogens (tertiary/aromatic N) is 1. The summed E-state index contributed by atoms with van der Waals surface area (Å²) in [7, 11) is 0. The fourth-order valence-electron chi connectivity index (χ4n) is 3.66. The molecule has 2 N–H and O–H groups in total. The molecule has 0 bridgehead atoms. The minimum absolute atomic E-state index is 0.00837. The van der Waals surface area contributed by atoms with Crippen molar-refractivity contribution in [2.45, 2.75) is 44.2 Å². The van der Waals surface area contributed by atoms with Crippen molar-refractivity contribution in [1.82, 2.24) is 15.6 Å². The number of benzene rings is 1. The quantitative estimate of drug-likeness (QED) is 0.569. The van der Waals surface area contributed by atoms with Crippen LogP contribution in [0.5, 0.6) is 0 Å². The molecule has 1 saturated heterocycles. The first-order valence-corrected chi connectivity index (χ1v) is 11.5. The molecule has 0 spiro atoms. The Morgan fingerprint density at radius 3 is 2.76 bits per heavy atom. The van der Waals surface area contributed by atoms with Gasteiger partial charge in [0.15, 0.2) is 0 Å². The highest BCUT2D eigenvalue weighted by Gasteiger charge is 2.38. The van der Waals surface area contributed by atoms with Crippen LogP contribution in [0.3, 0.4) is 0 Å². The minimum atomic E-state index is -0.305. The number of aromatic nitrogens is 1. The molecule has 0 unspecified atom stereocenters. The molecule has 4 rings (SSSR count). The van der Waals surface area contributed by atoms with Crippen LogP contribution in [0, 0.1) is 0 Å². The van der Waals surface area contributed by atoms with E-state index < -0.39 is 0 Å². The monoisotopic (exact) mass is 425 g/mol. The Balaban J connectivity index is 1.30. The molecule has 150 valence electrons. The molecule has 2 aromatic heterocycles. The van der Waals surface area contributed by atoms with E-state index in [0.717, 1.165) is 29.1 Å². The second-order valence-electron chi connectivity index (χ2n) is 7.37. The summed E-state index contributed by atoms with van der Waals surface area (Å²) in [5, 5.41) is 11.1. The third-order valence-corrected chi connectivity index (χ3v) is 7.01. The summed E-state index contributed by atoms with van der Waals surface area (Å²) in [4.78, 5) is 30.1. The summed E-state index contributed by atoms with van der Waals surface area (Å²) in [6.07, 6.45) is 3.14. The van der Waals surface area contributed by atoms with Crippen molar-refractivity contribution in [3.63, 3.8) is 0 Å². The van der Waals surface area contributed by atoms with Crippen LogP contribution >= 0.6 is 22.7 Å². The smallest absolute Gasteiger partial charge is 0.220 e. The Kier molecular flexibility index (Phi) is 6.06. The molecule has 1 atom stereocenters. The van der Waals surface area contributed by atoms with Crippen molar-refractivity contribution in [2.24, 2.45) is 0 Å². The van der Waals surface area contributed by atoms with E-state index >= 15 is 0 Å². The zero-order valence-electron chi connectivity index (χ0n) is 16.0. The molecule has 1 aliphatic heterocycles. The van der Waals surface area contributed by atoms with Crippen LogP contribution in [0.15, 0.2) is 53.2 Å². The Bertz CT molecular complexity index is 969. The number of hydrogen-bond donors (Lipinski definition) is 2. The number of carbonyl (C=O) groups is 2. The molecular formula is C22H23N3O2S2. The fraction of sp³-hybridized carbons (Fsp3) is 0.318. The number of nitrogens with one attached hydrogen (secondary N) is 2. The van der Waals surface area contributed by atoms with Crippen molar-refractivity contribution in [3.05, 3.63) is 63.8 Å². The summed E-state index contributed by atoms with van der Waals surface area (Å²) >= 11 is 3.27. The van der Waals surface area contributed by atoms with Gasteiger partial charge in [0.25, 0.3) is 0 Å². The van der Waals surface area contributed by atoms with Crippen LogP contribution in [-0.2, 0) is 22.6 Å². The number of carbonyl (C=O) groups excluding carboxylic acids is 2. The van der Waals surface area contributed by atoms with Crippen LogP contribution in [0.4, 0.5) is 0 Å². The second kappa shape index (κ2) is 8.88. The third-order valence-electron chi connectivity index (χ3n) is 5.20. The maximum Gasteiger partial charge on any atom is 0.220 e. The Labute approximate surface area is 178 Å². The van der Waals surface area contributed by atoms with Gasteiger partial charge in [0.2, 0.25) is 11.8 Å². The van der Waals surface area contributed by atoms with Crippen molar-refractivity contribution < 1.29 is 9.59 Å². The molecule has 3 heterocycles. The molecule has 5 nitrogen and oxygen atoms in total. The molecule has 1 aliphatic rings. The number of hydrogen-bond acceptors (Lipinski definition) is 5. The van der Waals surface area contributed by atoms with Gasteiger partial charge in [-0.15, -0.1) is 22.7 Å². The Hall–Kier alpha value is -2.51. The van der Waals surface area contributed by atoms with E-state index in [4.69, 9.17) is 0 Å². The van der Waals surface area contributed by atoms with Gasteiger partial charge in [0, 0.05) is 40.6 Å². The standard InChI is InChI=1S/C22H23N3O2S2/c26-19(23-14-17-15-29-21(24-17)16-5-2-1-3-6-16)8-10-22(11-9-20(27)25-22)13-18-7-4-12-28-18/h1-7,12,15H,8-11,13-14H2,(H,23,26)(H,25,27)/t22-/m1/s1. The summed E-state index contributed by atoms with van der Waals surface area (Å²) in [6, 6.07) is 14.1. The molecule has 0 radical (unpaired) electrons. The third kappa shape index (κ3) is 5.10. The van der Waals surface area contributed by atoms with Crippen molar-refractivity contribution in [3.8, 4) is 10.6 Å². The Morgan fingerprint density at radius 2 is 2.03 bits per heavy atom. The molecule has 1 fully saturated rings. The van der Waals surface area contributed by atoms with E-state index in [1.54, 1.807) is 22.7 Å². The van der Waals surface area contributed by atoms with Gasteiger partial charge in [0.05, 0.1) is 12.2 Å². The average molecular weight is 426 g/mol. The molecule has 0 saturated carbocycles. The molecule has 0 aliphatic carbocycles. The number of rotatable bonds is 8. The van der Waals surface area contributed by atoms with Gasteiger partial charge in [-0.25, -0.2) is 4.98 Å². The predicted octanol–water partition coefficient (Wildman–Crippen LogP) is 4.16. The summed E-state index contributed by atoms with van der Waals surface area (Å²) in [6.45, 7) is 0.423. The van der Waals surface area contributed by atoms with Crippen molar-refractivity contribution in [1.29, 1.82) is 0 Å². The highest BCUT2D eigenvalue weighted by atomic mass is 32.1. The van der Waals surface area contributed by atoms with Gasteiger partial charge in [-0.2, -0.15) is 0 Å². The van der Waals surface area contributed by atoms with Gasteiger partial charge in [-0.05, 0) is 24.3 Å².